The quantitative estimate of drug-likeness (QED) is 0.190. The van der Waals surface area contributed by atoms with Crippen molar-refractivity contribution in [3.8, 4) is 0 Å². The molecule has 0 heterocycles. The maximum atomic E-state index is 13.3. The second-order valence-corrected chi connectivity index (χ2v) is 18.7. The Morgan fingerprint density at radius 2 is 1.53 bits per heavy atom. The van der Waals surface area contributed by atoms with Gasteiger partial charge >= 0.3 is 11.9 Å². The first-order valence-electron chi connectivity index (χ1n) is 18.5. The maximum Gasteiger partial charge on any atom is 0.306 e. The lowest BCUT2D eigenvalue weighted by Crippen LogP contribution is -2.66. The van der Waals surface area contributed by atoms with Gasteiger partial charge in [0.25, 0.3) is 0 Å². The molecule has 5 aliphatic rings. The van der Waals surface area contributed by atoms with Gasteiger partial charge in [0.15, 0.2) is 0 Å². The summed E-state index contributed by atoms with van der Waals surface area (Å²) in [6.07, 6.45) is 16.1. The summed E-state index contributed by atoms with van der Waals surface area (Å²) < 4.78 is 11.5. The monoisotopic (exact) mass is 622 g/mol. The summed E-state index contributed by atoms with van der Waals surface area (Å²) in [4.78, 5) is 25.6. The molecule has 0 amide bonds. The van der Waals surface area contributed by atoms with Gasteiger partial charge < -0.3 is 9.47 Å². The Bertz CT molecular complexity index is 1180. The van der Waals surface area contributed by atoms with Crippen LogP contribution in [0.15, 0.2) is 24.8 Å². The first-order valence-corrected chi connectivity index (χ1v) is 18.5. The van der Waals surface area contributed by atoms with Gasteiger partial charge in [-0.1, -0.05) is 86.6 Å². The smallest absolute Gasteiger partial charge is 0.306 e. The van der Waals surface area contributed by atoms with Gasteiger partial charge in [-0.15, -0.1) is 0 Å². The van der Waals surface area contributed by atoms with Crippen LogP contribution in [0.1, 0.15) is 146 Å². The molecule has 0 aromatic carbocycles. The lowest BCUT2D eigenvalue weighted by Gasteiger charge is -2.73. The van der Waals surface area contributed by atoms with Crippen LogP contribution in [0.2, 0.25) is 0 Å². The van der Waals surface area contributed by atoms with E-state index >= 15 is 0 Å². The van der Waals surface area contributed by atoms with E-state index in [0.29, 0.717) is 34.0 Å². The third kappa shape index (κ3) is 5.48. The van der Waals surface area contributed by atoms with Gasteiger partial charge in [-0.3, -0.25) is 9.59 Å². The van der Waals surface area contributed by atoms with E-state index in [1.165, 1.54) is 63.4 Å². The van der Waals surface area contributed by atoms with Crippen LogP contribution in [0, 0.1) is 62.1 Å². The van der Waals surface area contributed by atoms with E-state index in [1.54, 1.807) is 6.08 Å². The number of carbonyl (C=O) groups excluding carboxylic acids is 2. The molecule has 4 nitrogen and oxygen atoms in total. The standard InChI is InChI=1S/C41H66O4/c1-12-24-44-33(42)25-36(5,6)26-34(43)45-32-18-19-38(9)30(37(32,7)8)17-20-40(11)31(38)15-14-29-35-28(27(3)4)16-21-41(35,13-2)23-22-39(29,40)10/h12,28-32,35H,1,3,13-26H2,2,4-11H3/t28?,29-,30?,31?,32+,35?,38+,39-,40-,41-/m1/s1. The van der Waals surface area contributed by atoms with Gasteiger partial charge in [-0.05, 0) is 128 Å². The molecule has 0 saturated heterocycles. The van der Waals surface area contributed by atoms with E-state index in [9.17, 15) is 9.59 Å². The minimum absolute atomic E-state index is 0.0856. The molecule has 4 unspecified atom stereocenters. The van der Waals surface area contributed by atoms with Gasteiger partial charge in [0, 0.05) is 5.41 Å². The molecule has 5 rings (SSSR count). The Kier molecular flexibility index (Phi) is 9.14. The summed E-state index contributed by atoms with van der Waals surface area (Å²) in [6.45, 7) is 29.9. The fraction of sp³-hybridized carbons (Fsp3) is 0.854. The fourth-order valence-electron chi connectivity index (χ4n) is 13.3. The Morgan fingerprint density at radius 3 is 2.18 bits per heavy atom. The Balaban J connectivity index is 1.33. The summed E-state index contributed by atoms with van der Waals surface area (Å²) in [5.74, 6) is 3.08. The van der Waals surface area contributed by atoms with Crippen LogP contribution in [0.3, 0.4) is 0 Å². The van der Waals surface area contributed by atoms with E-state index in [4.69, 9.17) is 9.47 Å². The van der Waals surface area contributed by atoms with Crippen molar-refractivity contribution in [1.82, 2.24) is 0 Å². The Hall–Kier alpha value is -1.58. The largest absolute Gasteiger partial charge is 0.462 e. The predicted octanol–water partition coefficient (Wildman–Crippen LogP) is 10.5. The fourth-order valence-corrected chi connectivity index (χ4v) is 13.3. The summed E-state index contributed by atoms with van der Waals surface area (Å²) in [6, 6.07) is 0. The topological polar surface area (TPSA) is 52.6 Å². The molecule has 5 aliphatic carbocycles. The molecule has 45 heavy (non-hydrogen) atoms. The van der Waals surface area contributed by atoms with Crippen molar-refractivity contribution in [2.45, 2.75) is 152 Å². The number of allylic oxidation sites excluding steroid dienone is 1. The third-order valence-electron chi connectivity index (χ3n) is 15.8. The summed E-state index contributed by atoms with van der Waals surface area (Å²) in [5, 5.41) is 0. The lowest BCUT2D eigenvalue weighted by molar-refractivity contribution is -0.250. The van der Waals surface area contributed by atoms with E-state index in [-0.39, 0.29) is 48.3 Å². The highest BCUT2D eigenvalue weighted by atomic mass is 16.5. The first-order chi connectivity index (χ1) is 20.9. The average molecular weight is 623 g/mol. The van der Waals surface area contributed by atoms with Gasteiger partial charge in [-0.2, -0.15) is 0 Å². The van der Waals surface area contributed by atoms with Crippen LogP contribution in [-0.4, -0.2) is 24.6 Å². The van der Waals surface area contributed by atoms with Gasteiger partial charge in [0.2, 0.25) is 0 Å². The van der Waals surface area contributed by atoms with Crippen molar-refractivity contribution in [3.05, 3.63) is 24.8 Å². The second-order valence-electron chi connectivity index (χ2n) is 18.7. The van der Waals surface area contributed by atoms with Crippen molar-refractivity contribution in [1.29, 1.82) is 0 Å². The van der Waals surface area contributed by atoms with Crippen LogP contribution < -0.4 is 0 Å². The molecule has 254 valence electrons. The van der Waals surface area contributed by atoms with Gasteiger partial charge in [0.1, 0.15) is 12.7 Å². The number of rotatable bonds is 9. The predicted molar refractivity (Wildman–Crippen MR) is 183 cm³/mol. The molecular weight excluding hydrogens is 556 g/mol. The van der Waals surface area contributed by atoms with Crippen LogP contribution in [0.25, 0.3) is 0 Å². The van der Waals surface area contributed by atoms with Crippen molar-refractivity contribution >= 4 is 11.9 Å². The molecule has 10 atom stereocenters. The maximum absolute atomic E-state index is 13.3. The normalized spacial score (nSPS) is 43.6. The van der Waals surface area contributed by atoms with E-state index in [1.807, 2.05) is 13.8 Å². The zero-order valence-electron chi connectivity index (χ0n) is 30.5. The number of ether oxygens (including phenoxy) is 2. The van der Waals surface area contributed by atoms with Gasteiger partial charge in [-0.25, -0.2) is 0 Å². The van der Waals surface area contributed by atoms with Crippen molar-refractivity contribution in [2.24, 2.45) is 62.1 Å². The summed E-state index contributed by atoms with van der Waals surface area (Å²) in [5.41, 5.74) is 2.33. The Morgan fingerprint density at radius 1 is 0.844 bits per heavy atom. The number of hydrogen-bond donors (Lipinski definition) is 0. The SMILES string of the molecule is C=CCOC(=O)CC(C)(C)CC(=O)O[C@H]1CC[C@@]2(C)C(CC[C@]3(C)C2CC[C@@H]2C4C(C(=C)C)CC[C@]4(CC)CC[C@]23C)C1(C)C. The highest BCUT2D eigenvalue weighted by Gasteiger charge is 2.70. The third-order valence-corrected chi connectivity index (χ3v) is 15.8. The summed E-state index contributed by atoms with van der Waals surface area (Å²) >= 11 is 0. The molecule has 0 radical (unpaired) electrons. The van der Waals surface area contributed by atoms with E-state index in [2.05, 4.69) is 61.6 Å². The van der Waals surface area contributed by atoms with Crippen molar-refractivity contribution in [3.63, 3.8) is 0 Å². The molecule has 0 N–H and O–H groups in total. The number of esters is 2. The van der Waals surface area contributed by atoms with Crippen molar-refractivity contribution < 1.29 is 19.1 Å². The molecule has 0 bridgehead atoms. The molecule has 0 spiro atoms. The van der Waals surface area contributed by atoms with Gasteiger partial charge in [0.05, 0.1) is 12.8 Å². The molecule has 0 aliphatic heterocycles. The van der Waals surface area contributed by atoms with Crippen LogP contribution >= 0.6 is 0 Å². The van der Waals surface area contributed by atoms with Crippen LogP contribution in [-0.2, 0) is 19.1 Å². The molecule has 0 aromatic rings. The van der Waals surface area contributed by atoms with Crippen molar-refractivity contribution in [2.75, 3.05) is 6.61 Å². The zero-order valence-corrected chi connectivity index (χ0v) is 30.5. The zero-order chi connectivity index (χ0) is 33.2. The average Bonchev–Trinajstić information content (AvgIpc) is 3.34. The number of hydrogen-bond acceptors (Lipinski definition) is 4. The minimum atomic E-state index is -0.513. The minimum Gasteiger partial charge on any atom is -0.462 e. The molecule has 0 aromatic heterocycles. The van der Waals surface area contributed by atoms with Crippen LogP contribution in [0.5, 0.6) is 0 Å². The molecular formula is C41H66O4. The number of fused-ring (bicyclic) bond motifs is 7. The Labute approximate surface area is 275 Å². The number of carbonyl (C=O) groups is 2. The van der Waals surface area contributed by atoms with E-state index in [0.717, 1.165) is 24.7 Å². The van der Waals surface area contributed by atoms with E-state index < -0.39 is 5.41 Å². The first kappa shape index (κ1) is 34.7. The second kappa shape index (κ2) is 11.8. The highest BCUT2D eigenvalue weighted by molar-refractivity contribution is 5.74. The molecule has 5 saturated carbocycles. The lowest BCUT2D eigenvalue weighted by atomic mass is 9.32. The molecule has 4 heteroatoms. The van der Waals surface area contributed by atoms with Crippen LogP contribution in [0.4, 0.5) is 0 Å². The highest BCUT2D eigenvalue weighted by Crippen LogP contribution is 2.78. The summed E-state index contributed by atoms with van der Waals surface area (Å²) in [7, 11) is 0. The molecule has 5 fully saturated rings.